The predicted octanol–water partition coefficient (Wildman–Crippen LogP) is 1.63. The zero-order chi connectivity index (χ0) is 11.5. The summed E-state index contributed by atoms with van der Waals surface area (Å²) in [5.74, 6) is 2.19. The van der Waals surface area contributed by atoms with E-state index in [0.29, 0.717) is 6.42 Å². The summed E-state index contributed by atoms with van der Waals surface area (Å²) < 4.78 is 0. The number of carbonyl (C=O) groups excluding carboxylic acids is 1. The average molecular weight is 224 g/mol. The van der Waals surface area contributed by atoms with Gasteiger partial charge in [0.25, 0.3) is 0 Å². The summed E-state index contributed by atoms with van der Waals surface area (Å²) in [6.07, 6.45) is 7.38. The van der Waals surface area contributed by atoms with Crippen LogP contribution in [-0.2, 0) is 4.79 Å². The zero-order valence-corrected chi connectivity index (χ0v) is 10.5. The van der Waals surface area contributed by atoms with Gasteiger partial charge in [-0.15, -0.1) is 0 Å². The van der Waals surface area contributed by atoms with E-state index in [2.05, 4.69) is 5.32 Å². The van der Waals surface area contributed by atoms with Crippen molar-refractivity contribution in [3.8, 4) is 0 Å². The third kappa shape index (κ3) is 2.76. The van der Waals surface area contributed by atoms with Crippen molar-refractivity contribution in [2.24, 2.45) is 11.8 Å². The Hall–Kier alpha value is -0.570. The molecule has 0 aromatic carbocycles. The molecule has 0 heterocycles. The average Bonchev–Trinajstić information content (AvgIpc) is 2.85. The minimum absolute atomic E-state index is 0.245. The monoisotopic (exact) mass is 224 g/mol. The van der Waals surface area contributed by atoms with Gasteiger partial charge in [-0.2, -0.15) is 0 Å². The lowest BCUT2D eigenvalue weighted by atomic mass is 9.95. The smallest absolute Gasteiger partial charge is 0.222 e. The molecule has 0 aliphatic heterocycles. The van der Waals surface area contributed by atoms with E-state index in [1.807, 2.05) is 14.1 Å². The van der Waals surface area contributed by atoms with E-state index in [0.717, 1.165) is 30.8 Å². The highest BCUT2D eigenvalue weighted by atomic mass is 16.2. The van der Waals surface area contributed by atoms with E-state index in [9.17, 15) is 4.79 Å². The van der Waals surface area contributed by atoms with Gasteiger partial charge in [-0.1, -0.05) is 6.42 Å². The number of rotatable bonds is 5. The lowest BCUT2D eigenvalue weighted by molar-refractivity contribution is -0.128. The molecule has 92 valence electrons. The number of hydrogen-bond donors (Lipinski definition) is 1. The van der Waals surface area contributed by atoms with Crippen molar-refractivity contribution in [2.75, 3.05) is 20.6 Å². The van der Waals surface area contributed by atoms with Crippen LogP contribution in [0.25, 0.3) is 0 Å². The molecule has 2 saturated carbocycles. The minimum atomic E-state index is 0.245. The molecule has 3 nitrogen and oxygen atoms in total. The van der Waals surface area contributed by atoms with Crippen LogP contribution < -0.4 is 5.32 Å². The van der Waals surface area contributed by atoms with Gasteiger partial charge < -0.3 is 10.2 Å². The van der Waals surface area contributed by atoms with Crippen molar-refractivity contribution in [3.05, 3.63) is 0 Å². The molecule has 2 aliphatic carbocycles. The van der Waals surface area contributed by atoms with Crippen LogP contribution in [0, 0.1) is 11.8 Å². The van der Waals surface area contributed by atoms with Crippen LogP contribution in [0.4, 0.5) is 0 Å². The van der Waals surface area contributed by atoms with Gasteiger partial charge in [0, 0.05) is 26.6 Å². The second kappa shape index (κ2) is 5.17. The molecular weight excluding hydrogens is 200 g/mol. The first-order chi connectivity index (χ1) is 7.66. The molecule has 2 fully saturated rings. The number of nitrogens with zero attached hydrogens (tertiary/aromatic N) is 1. The van der Waals surface area contributed by atoms with Gasteiger partial charge in [0.05, 0.1) is 0 Å². The molecule has 0 aromatic heterocycles. The third-order valence-electron chi connectivity index (χ3n) is 4.21. The normalized spacial score (nSPS) is 32.0. The SMILES string of the molecule is CN(C)C(=O)CCCNC1CC2CCC1C2. The highest BCUT2D eigenvalue weighted by Crippen LogP contribution is 2.44. The van der Waals surface area contributed by atoms with Gasteiger partial charge in [-0.3, -0.25) is 4.79 Å². The Kier molecular flexibility index (Phi) is 3.85. The first kappa shape index (κ1) is 11.9. The fraction of sp³-hybridized carbons (Fsp3) is 0.923. The molecule has 2 rings (SSSR count). The van der Waals surface area contributed by atoms with Crippen molar-refractivity contribution in [2.45, 2.75) is 44.6 Å². The highest BCUT2D eigenvalue weighted by Gasteiger charge is 2.38. The molecule has 0 spiro atoms. The van der Waals surface area contributed by atoms with Crippen LogP contribution in [0.2, 0.25) is 0 Å². The Bertz CT molecular complexity index is 252. The van der Waals surface area contributed by atoms with E-state index < -0.39 is 0 Å². The maximum absolute atomic E-state index is 11.4. The fourth-order valence-corrected chi connectivity index (χ4v) is 3.25. The van der Waals surface area contributed by atoms with Crippen LogP contribution in [0.15, 0.2) is 0 Å². The summed E-state index contributed by atoms with van der Waals surface area (Å²) >= 11 is 0. The molecule has 3 unspecified atom stereocenters. The summed E-state index contributed by atoms with van der Waals surface area (Å²) in [5, 5.41) is 3.64. The van der Waals surface area contributed by atoms with Crippen LogP contribution in [0.1, 0.15) is 38.5 Å². The third-order valence-corrected chi connectivity index (χ3v) is 4.21. The summed E-state index contributed by atoms with van der Waals surface area (Å²) in [7, 11) is 3.65. The quantitative estimate of drug-likeness (QED) is 0.720. The zero-order valence-electron chi connectivity index (χ0n) is 10.5. The molecule has 0 saturated heterocycles. The second-order valence-corrected chi connectivity index (χ2v) is 5.63. The standard InChI is InChI=1S/C13H24N2O/c1-15(2)13(16)4-3-7-14-12-9-10-5-6-11(12)8-10/h10-12,14H,3-9H2,1-2H3. The predicted molar refractivity (Wildman–Crippen MR) is 65.2 cm³/mol. The van der Waals surface area contributed by atoms with Gasteiger partial charge in [0.2, 0.25) is 5.91 Å². The largest absolute Gasteiger partial charge is 0.349 e. The molecule has 0 aromatic rings. The molecule has 0 radical (unpaired) electrons. The van der Waals surface area contributed by atoms with Gasteiger partial charge >= 0.3 is 0 Å². The van der Waals surface area contributed by atoms with Crippen molar-refractivity contribution in [1.29, 1.82) is 0 Å². The first-order valence-corrected chi connectivity index (χ1v) is 6.60. The Morgan fingerprint density at radius 3 is 2.69 bits per heavy atom. The maximum Gasteiger partial charge on any atom is 0.222 e. The van der Waals surface area contributed by atoms with Crippen LogP contribution in [-0.4, -0.2) is 37.5 Å². The highest BCUT2D eigenvalue weighted by molar-refractivity contribution is 5.75. The lowest BCUT2D eigenvalue weighted by Crippen LogP contribution is -2.35. The van der Waals surface area contributed by atoms with Crippen LogP contribution >= 0.6 is 0 Å². The van der Waals surface area contributed by atoms with E-state index in [1.165, 1.54) is 25.7 Å². The number of carbonyl (C=O) groups is 1. The van der Waals surface area contributed by atoms with Gasteiger partial charge in [-0.05, 0) is 44.1 Å². The summed E-state index contributed by atoms with van der Waals surface area (Å²) in [5.41, 5.74) is 0. The van der Waals surface area contributed by atoms with Crippen molar-refractivity contribution >= 4 is 5.91 Å². The second-order valence-electron chi connectivity index (χ2n) is 5.63. The van der Waals surface area contributed by atoms with E-state index in [-0.39, 0.29) is 5.91 Å². The van der Waals surface area contributed by atoms with Gasteiger partial charge in [-0.25, -0.2) is 0 Å². The Labute approximate surface area is 98.6 Å². The molecule has 2 bridgehead atoms. The van der Waals surface area contributed by atoms with E-state index >= 15 is 0 Å². The Balaban J connectivity index is 1.57. The number of fused-ring (bicyclic) bond motifs is 2. The molecular formula is C13H24N2O. The summed E-state index contributed by atoms with van der Waals surface area (Å²) in [6.45, 7) is 1.01. The van der Waals surface area contributed by atoms with Crippen molar-refractivity contribution < 1.29 is 4.79 Å². The van der Waals surface area contributed by atoms with Gasteiger partial charge in [0.15, 0.2) is 0 Å². The maximum atomic E-state index is 11.4. The fourth-order valence-electron chi connectivity index (χ4n) is 3.25. The summed E-state index contributed by atoms with van der Waals surface area (Å²) in [4.78, 5) is 13.0. The van der Waals surface area contributed by atoms with Crippen molar-refractivity contribution in [3.63, 3.8) is 0 Å². The van der Waals surface area contributed by atoms with Crippen LogP contribution in [0.3, 0.4) is 0 Å². The molecule has 1 N–H and O–H groups in total. The summed E-state index contributed by atoms with van der Waals surface area (Å²) in [6, 6.07) is 0.758. The Morgan fingerprint density at radius 1 is 1.31 bits per heavy atom. The lowest BCUT2D eigenvalue weighted by Gasteiger charge is -2.23. The molecule has 1 amide bonds. The van der Waals surface area contributed by atoms with Gasteiger partial charge in [0.1, 0.15) is 0 Å². The topological polar surface area (TPSA) is 32.3 Å². The van der Waals surface area contributed by atoms with Crippen LogP contribution in [0.5, 0.6) is 0 Å². The van der Waals surface area contributed by atoms with E-state index in [4.69, 9.17) is 0 Å². The molecule has 2 aliphatic rings. The van der Waals surface area contributed by atoms with E-state index in [1.54, 1.807) is 4.90 Å². The molecule has 16 heavy (non-hydrogen) atoms. The number of amides is 1. The number of nitrogens with one attached hydrogen (secondary N) is 1. The molecule has 3 heteroatoms. The number of hydrogen-bond acceptors (Lipinski definition) is 2. The van der Waals surface area contributed by atoms with Crippen molar-refractivity contribution in [1.82, 2.24) is 10.2 Å². The minimum Gasteiger partial charge on any atom is -0.349 e. The Morgan fingerprint density at radius 2 is 2.12 bits per heavy atom. The molecule has 3 atom stereocenters. The first-order valence-electron chi connectivity index (χ1n) is 6.60.